The van der Waals surface area contributed by atoms with Crippen molar-refractivity contribution in [3.8, 4) is 11.5 Å². The van der Waals surface area contributed by atoms with Crippen LogP contribution in [0.3, 0.4) is 0 Å². The number of hydrogen-bond acceptors (Lipinski definition) is 6. The van der Waals surface area contributed by atoms with Gasteiger partial charge in [0, 0.05) is 0 Å². The molecule has 0 saturated carbocycles. The molecule has 0 amide bonds. The smallest absolute Gasteiger partial charge is 0.199 e. The highest BCUT2D eigenvalue weighted by Gasteiger charge is 2.46. The molecule has 0 saturated heterocycles. The average Bonchev–Trinajstić information content (AvgIpc) is 3.77. The van der Waals surface area contributed by atoms with E-state index in [4.69, 9.17) is 28.9 Å². The van der Waals surface area contributed by atoms with Gasteiger partial charge in [0.15, 0.2) is 11.8 Å². The van der Waals surface area contributed by atoms with Crippen LogP contribution in [0.4, 0.5) is 0 Å². The summed E-state index contributed by atoms with van der Waals surface area (Å²) in [7, 11) is 0. The quantitative estimate of drug-likeness (QED) is 0.238. The molecule has 4 aromatic rings. The number of aliphatic imine (C=N–C) groups is 2. The van der Waals surface area contributed by atoms with Gasteiger partial charge in [-0.3, -0.25) is 0 Å². The SMILES string of the molecule is CCC1(CC)C2=N[C@@H](CO2)c2ccc(cc2)OCc2ccc(cc2)Cc2ccc(cc2)COc2ccc(cc2)[C@@H]2COC1=N2. The lowest BCUT2D eigenvalue weighted by Gasteiger charge is -2.29. The van der Waals surface area contributed by atoms with E-state index in [1.807, 2.05) is 24.3 Å². The molecule has 0 aliphatic carbocycles. The van der Waals surface area contributed by atoms with Crippen molar-refractivity contribution in [1.29, 1.82) is 0 Å². The zero-order valence-electron chi connectivity index (χ0n) is 25.4. The summed E-state index contributed by atoms with van der Waals surface area (Å²) in [6, 6.07) is 33.6. The molecule has 7 aliphatic heterocycles. The molecule has 0 aromatic heterocycles. The van der Waals surface area contributed by atoms with E-state index in [1.165, 1.54) is 11.1 Å². The number of nitrogens with zero attached hydrogens (tertiary/aromatic N) is 2. The second kappa shape index (κ2) is 12.2. The Balaban J connectivity index is 1.19. The van der Waals surface area contributed by atoms with E-state index in [1.54, 1.807) is 0 Å². The summed E-state index contributed by atoms with van der Waals surface area (Å²) in [6.07, 6.45) is 2.47. The van der Waals surface area contributed by atoms with Gasteiger partial charge in [0.2, 0.25) is 0 Å². The standard InChI is InChI=1S/C38H38N2O4/c1-3-38(4-2)36-39-34(24-43-36)30-13-17-32(18-14-30)41-22-28-9-5-26(6-10-28)21-27-7-11-29(12-8-27)23-42-33-19-15-31(16-20-33)35-25-44-37(38)40-35/h5-20,34-35H,3-4,21-25H2,1-2H3/t34-,35-/m0/s1. The molecule has 4 aromatic carbocycles. The van der Waals surface area contributed by atoms with Crippen LogP contribution in [-0.4, -0.2) is 25.0 Å². The zero-order valence-corrected chi connectivity index (χ0v) is 25.4. The number of rotatable bonds is 2. The molecule has 12 bridgehead atoms. The van der Waals surface area contributed by atoms with Gasteiger partial charge in [-0.25, -0.2) is 9.98 Å². The van der Waals surface area contributed by atoms with Gasteiger partial charge in [-0.15, -0.1) is 0 Å². The predicted octanol–water partition coefficient (Wildman–Crippen LogP) is 8.20. The van der Waals surface area contributed by atoms with Crippen LogP contribution in [0.15, 0.2) is 107 Å². The van der Waals surface area contributed by atoms with E-state index >= 15 is 0 Å². The molecule has 0 unspecified atom stereocenters. The molecular weight excluding hydrogens is 548 g/mol. The zero-order chi connectivity index (χ0) is 29.9. The van der Waals surface area contributed by atoms with E-state index in [2.05, 4.69) is 86.6 Å². The van der Waals surface area contributed by atoms with Crippen LogP contribution in [0, 0.1) is 5.41 Å². The monoisotopic (exact) mass is 586 g/mol. The predicted molar refractivity (Wildman–Crippen MR) is 173 cm³/mol. The second-order valence-corrected chi connectivity index (χ2v) is 11.8. The molecule has 2 atom stereocenters. The first kappa shape index (κ1) is 28.2. The van der Waals surface area contributed by atoms with Crippen molar-refractivity contribution in [2.45, 2.75) is 58.4 Å². The lowest BCUT2D eigenvalue weighted by atomic mass is 9.81. The Labute approximate surface area is 259 Å². The summed E-state index contributed by atoms with van der Waals surface area (Å²) >= 11 is 0. The van der Waals surface area contributed by atoms with Crippen molar-refractivity contribution >= 4 is 11.8 Å². The molecule has 11 rings (SSSR count). The summed E-state index contributed by atoms with van der Waals surface area (Å²) in [5.74, 6) is 3.12. The van der Waals surface area contributed by atoms with Crippen molar-refractivity contribution in [2.75, 3.05) is 13.2 Å². The van der Waals surface area contributed by atoms with Crippen LogP contribution in [0.5, 0.6) is 11.5 Å². The molecule has 224 valence electrons. The van der Waals surface area contributed by atoms with Crippen LogP contribution in [0.1, 0.15) is 72.2 Å². The third-order valence-electron chi connectivity index (χ3n) is 9.12. The lowest BCUT2D eigenvalue weighted by molar-refractivity contribution is 0.245. The number of benzene rings is 4. The molecule has 0 radical (unpaired) electrons. The van der Waals surface area contributed by atoms with Gasteiger partial charge in [0.25, 0.3) is 0 Å². The van der Waals surface area contributed by atoms with Crippen molar-refractivity contribution in [3.05, 3.63) is 130 Å². The largest absolute Gasteiger partial charge is 0.489 e. The Morgan fingerprint density at radius 1 is 0.523 bits per heavy atom. The van der Waals surface area contributed by atoms with Crippen molar-refractivity contribution < 1.29 is 18.9 Å². The van der Waals surface area contributed by atoms with E-state index in [0.717, 1.165) is 64.8 Å². The first-order valence-electron chi connectivity index (χ1n) is 15.6. The van der Waals surface area contributed by atoms with E-state index in [0.29, 0.717) is 26.4 Å². The third-order valence-corrected chi connectivity index (χ3v) is 9.12. The van der Waals surface area contributed by atoms with E-state index in [-0.39, 0.29) is 12.1 Å². The maximum atomic E-state index is 6.29. The van der Waals surface area contributed by atoms with Crippen molar-refractivity contribution in [2.24, 2.45) is 15.4 Å². The van der Waals surface area contributed by atoms with Crippen LogP contribution in [0.2, 0.25) is 0 Å². The highest BCUT2D eigenvalue weighted by molar-refractivity contribution is 6.06. The Hall–Kier alpha value is -4.58. The highest BCUT2D eigenvalue weighted by atomic mass is 16.5. The van der Waals surface area contributed by atoms with Crippen molar-refractivity contribution in [3.63, 3.8) is 0 Å². The first-order valence-corrected chi connectivity index (χ1v) is 15.6. The molecule has 0 N–H and O–H groups in total. The third kappa shape index (κ3) is 5.69. The van der Waals surface area contributed by atoms with Gasteiger partial charge in [-0.05, 0) is 76.9 Å². The fraction of sp³-hybridized carbons (Fsp3) is 0.316. The highest BCUT2D eigenvalue weighted by Crippen LogP contribution is 2.40. The molecular formula is C38H38N2O4. The van der Waals surface area contributed by atoms with Gasteiger partial charge in [-0.2, -0.15) is 0 Å². The number of ether oxygens (including phenoxy) is 4. The molecule has 0 spiro atoms. The molecule has 6 nitrogen and oxygen atoms in total. The van der Waals surface area contributed by atoms with Gasteiger partial charge in [0.1, 0.15) is 55.4 Å². The van der Waals surface area contributed by atoms with Crippen LogP contribution < -0.4 is 9.47 Å². The van der Waals surface area contributed by atoms with Gasteiger partial charge in [0.05, 0.1) is 0 Å². The van der Waals surface area contributed by atoms with E-state index < -0.39 is 5.41 Å². The van der Waals surface area contributed by atoms with Gasteiger partial charge < -0.3 is 18.9 Å². The van der Waals surface area contributed by atoms with Gasteiger partial charge >= 0.3 is 0 Å². The van der Waals surface area contributed by atoms with Crippen LogP contribution >= 0.6 is 0 Å². The van der Waals surface area contributed by atoms with Crippen LogP contribution in [-0.2, 0) is 29.1 Å². The topological polar surface area (TPSA) is 61.6 Å². The summed E-state index contributed by atoms with van der Waals surface area (Å²) in [6.45, 7) is 6.36. The fourth-order valence-corrected chi connectivity index (χ4v) is 6.21. The number of hydrogen-bond donors (Lipinski definition) is 0. The summed E-state index contributed by atoms with van der Waals surface area (Å²) in [5.41, 5.74) is 6.55. The van der Waals surface area contributed by atoms with Gasteiger partial charge in [-0.1, -0.05) is 86.6 Å². The Morgan fingerprint density at radius 3 is 1.30 bits per heavy atom. The molecule has 6 heteroatoms. The summed E-state index contributed by atoms with van der Waals surface area (Å²) in [4.78, 5) is 10.2. The fourth-order valence-electron chi connectivity index (χ4n) is 6.21. The van der Waals surface area contributed by atoms with Crippen LogP contribution in [0.25, 0.3) is 0 Å². The summed E-state index contributed by atoms with van der Waals surface area (Å²) in [5, 5.41) is 0. The second-order valence-electron chi connectivity index (χ2n) is 11.8. The molecule has 0 fully saturated rings. The molecule has 7 heterocycles. The minimum absolute atomic E-state index is 0.0720. The maximum absolute atomic E-state index is 6.29. The lowest BCUT2D eigenvalue weighted by Crippen LogP contribution is -2.39. The first-order chi connectivity index (χ1) is 21.6. The summed E-state index contributed by atoms with van der Waals surface area (Å²) < 4.78 is 24.8. The molecule has 44 heavy (non-hydrogen) atoms. The Morgan fingerprint density at radius 2 is 0.909 bits per heavy atom. The molecule has 7 aliphatic rings. The Bertz CT molecular complexity index is 1520. The van der Waals surface area contributed by atoms with Crippen molar-refractivity contribution in [1.82, 2.24) is 0 Å². The van der Waals surface area contributed by atoms with E-state index in [9.17, 15) is 0 Å². The number of fused-ring (bicyclic) bond motifs is 4. The average molecular weight is 587 g/mol. The maximum Gasteiger partial charge on any atom is 0.199 e. The minimum Gasteiger partial charge on any atom is -0.489 e. The normalized spacial score (nSPS) is 20.5. The Kier molecular flexibility index (Phi) is 7.82. The minimum atomic E-state index is -0.483.